The van der Waals surface area contributed by atoms with E-state index in [0.717, 1.165) is 11.1 Å². The van der Waals surface area contributed by atoms with Crippen LogP contribution >= 0.6 is 15.9 Å². The first-order chi connectivity index (χ1) is 11.1. The van der Waals surface area contributed by atoms with Gasteiger partial charge in [-0.1, -0.05) is 42.8 Å². The summed E-state index contributed by atoms with van der Waals surface area (Å²) < 4.78 is 0.658. The molecule has 0 aliphatic rings. The molecule has 0 fully saturated rings. The molecule has 0 bridgehead atoms. The molecule has 0 saturated heterocycles. The van der Waals surface area contributed by atoms with Crippen molar-refractivity contribution in [3.8, 4) is 5.75 Å². The van der Waals surface area contributed by atoms with Crippen LogP contribution in [0.3, 0.4) is 0 Å². The van der Waals surface area contributed by atoms with Crippen LogP contribution < -0.4 is 0 Å². The maximum absolute atomic E-state index is 11.1. The zero-order chi connectivity index (χ0) is 18.1. The highest BCUT2D eigenvalue weighted by Gasteiger charge is 2.21. The van der Waals surface area contributed by atoms with Crippen LogP contribution in [0.2, 0.25) is 0 Å². The molecular weight excluding hydrogens is 374 g/mol. The Morgan fingerprint density at radius 1 is 1.12 bits per heavy atom. The van der Waals surface area contributed by atoms with Gasteiger partial charge in [-0.25, -0.2) is 0 Å². The Hall–Kier alpha value is -2.28. The van der Waals surface area contributed by atoms with Gasteiger partial charge in [-0.3, -0.25) is 10.1 Å². The van der Waals surface area contributed by atoms with Crippen molar-refractivity contribution in [3.05, 3.63) is 56.0 Å². The number of halogens is 1. The second-order valence-corrected chi connectivity index (χ2v) is 7.44. The third-order valence-corrected chi connectivity index (χ3v) is 3.94. The van der Waals surface area contributed by atoms with Crippen LogP contribution in [0, 0.1) is 17.0 Å². The molecule has 6 nitrogen and oxygen atoms in total. The summed E-state index contributed by atoms with van der Waals surface area (Å²) >= 11 is 3.26. The lowest BCUT2D eigenvalue weighted by Gasteiger charge is -2.21. The van der Waals surface area contributed by atoms with Gasteiger partial charge in [0, 0.05) is 16.1 Å². The van der Waals surface area contributed by atoms with E-state index in [1.807, 2.05) is 33.8 Å². The number of nitro benzene ring substituents is 1. The van der Waals surface area contributed by atoms with Crippen LogP contribution in [0.4, 0.5) is 17.1 Å². The molecule has 0 saturated carbocycles. The summed E-state index contributed by atoms with van der Waals surface area (Å²) in [6.07, 6.45) is 0. The molecule has 0 radical (unpaired) electrons. The molecule has 0 amide bonds. The summed E-state index contributed by atoms with van der Waals surface area (Å²) in [6.45, 7) is 7.86. The fraction of sp³-hybridized carbons (Fsp3) is 0.294. The molecule has 1 N–H and O–H groups in total. The molecule has 0 aliphatic heterocycles. The zero-order valence-corrected chi connectivity index (χ0v) is 15.5. The van der Waals surface area contributed by atoms with Crippen molar-refractivity contribution in [1.82, 2.24) is 0 Å². The number of nitro groups is 1. The number of nitrogens with zero attached hydrogens (tertiary/aromatic N) is 3. The molecule has 2 rings (SSSR count). The fourth-order valence-electron chi connectivity index (χ4n) is 2.25. The molecule has 2 aromatic carbocycles. The van der Waals surface area contributed by atoms with Gasteiger partial charge in [0.15, 0.2) is 5.69 Å². The van der Waals surface area contributed by atoms with Crippen LogP contribution in [0.15, 0.2) is 45.0 Å². The minimum absolute atomic E-state index is 0.0366. The Morgan fingerprint density at radius 2 is 1.75 bits per heavy atom. The van der Waals surface area contributed by atoms with Gasteiger partial charge in [-0.05, 0) is 36.1 Å². The molecular formula is C17H18BrN3O3. The van der Waals surface area contributed by atoms with Crippen molar-refractivity contribution in [2.24, 2.45) is 10.2 Å². The number of aromatic hydroxyl groups is 1. The van der Waals surface area contributed by atoms with Gasteiger partial charge in [-0.2, -0.15) is 0 Å². The van der Waals surface area contributed by atoms with E-state index >= 15 is 0 Å². The van der Waals surface area contributed by atoms with Crippen molar-refractivity contribution < 1.29 is 10.0 Å². The van der Waals surface area contributed by atoms with Crippen LogP contribution in [0.25, 0.3) is 0 Å². The molecule has 0 aromatic heterocycles. The van der Waals surface area contributed by atoms with E-state index in [-0.39, 0.29) is 28.2 Å². The highest BCUT2D eigenvalue weighted by Crippen LogP contribution is 2.40. The van der Waals surface area contributed by atoms with Gasteiger partial charge in [0.1, 0.15) is 11.4 Å². The van der Waals surface area contributed by atoms with E-state index in [9.17, 15) is 15.2 Å². The summed E-state index contributed by atoms with van der Waals surface area (Å²) in [5.41, 5.74) is 1.67. The molecule has 2 aromatic rings. The number of hydrogen-bond acceptors (Lipinski definition) is 5. The topological polar surface area (TPSA) is 88.1 Å². The number of rotatable bonds is 3. The minimum atomic E-state index is -0.516. The summed E-state index contributed by atoms with van der Waals surface area (Å²) in [6, 6.07) is 8.03. The maximum atomic E-state index is 11.1. The Kier molecular flexibility index (Phi) is 5.03. The maximum Gasteiger partial charge on any atom is 0.296 e. The molecule has 24 heavy (non-hydrogen) atoms. The monoisotopic (exact) mass is 391 g/mol. The highest BCUT2D eigenvalue weighted by atomic mass is 79.9. The van der Waals surface area contributed by atoms with Crippen molar-refractivity contribution in [2.75, 3.05) is 0 Å². The normalized spacial score (nSPS) is 11.9. The van der Waals surface area contributed by atoms with Gasteiger partial charge in [0.25, 0.3) is 5.69 Å². The van der Waals surface area contributed by atoms with Gasteiger partial charge < -0.3 is 5.11 Å². The Morgan fingerprint density at radius 3 is 2.33 bits per heavy atom. The van der Waals surface area contributed by atoms with Crippen LogP contribution in [0.5, 0.6) is 5.75 Å². The van der Waals surface area contributed by atoms with Crippen molar-refractivity contribution in [3.63, 3.8) is 0 Å². The second kappa shape index (κ2) is 6.68. The van der Waals surface area contributed by atoms with Crippen molar-refractivity contribution >= 4 is 33.0 Å². The number of azo groups is 1. The third-order valence-electron chi connectivity index (χ3n) is 3.44. The van der Waals surface area contributed by atoms with Crippen LogP contribution in [0.1, 0.15) is 31.9 Å². The zero-order valence-electron chi connectivity index (χ0n) is 13.9. The van der Waals surface area contributed by atoms with Crippen LogP contribution in [-0.2, 0) is 5.41 Å². The number of phenols is 1. The third kappa shape index (κ3) is 3.97. The highest BCUT2D eigenvalue weighted by molar-refractivity contribution is 9.10. The van der Waals surface area contributed by atoms with E-state index in [0.29, 0.717) is 4.47 Å². The predicted octanol–water partition coefficient (Wildman–Crippen LogP) is 6.08. The lowest BCUT2D eigenvalue weighted by Crippen LogP contribution is -2.11. The van der Waals surface area contributed by atoms with Crippen molar-refractivity contribution in [2.45, 2.75) is 33.1 Å². The largest absolute Gasteiger partial charge is 0.505 e. The Balaban J connectivity index is 2.53. The van der Waals surface area contributed by atoms with E-state index < -0.39 is 4.92 Å². The Labute approximate surface area is 148 Å². The molecule has 0 aliphatic carbocycles. The van der Waals surface area contributed by atoms with E-state index in [1.54, 1.807) is 12.1 Å². The molecule has 0 heterocycles. The Bertz CT molecular complexity index is 827. The standard InChI is InChI=1S/C17H18BrN3O3/c1-10-7-12(17(2,3)4)16(22)14(8-10)20-19-13-9-11(18)5-6-15(13)21(23)24/h5-9,22H,1-4H3. The van der Waals surface area contributed by atoms with E-state index in [1.165, 1.54) is 12.1 Å². The van der Waals surface area contributed by atoms with Gasteiger partial charge in [-0.15, -0.1) is 10.2 Å². The summed E-state index contributed by atoms with van der Waals surface area (Å²) in [5.74, 6) is 0.0366. The average Bonchev–Trinajstić information content (AvgIpc) is 2.46. The SMILES string of the molecule is Cc1cc(N=Nc2cc(Br)ccc2[N+](=O)[O-])c(O)c(C(C)(C)C)c1. The summed E-state index contributed by atoms with van der Waals surface area (Å²) in [4.78, 5) is 10.6. The lowest BCUT2D eigenvalue weighted by atomic mass is 9.85. The second-order valence-electron chi connectivity index (χ2n) is 6.52. The molecule has 7 heteroatoms. The first kappa shape index (κ1) is 18.1. The van der Waals surface area contributed by atoms with Crippen LogP contribution in [-0.4, -0.2) is 10.0 Å². The lowest BCUT2D eigenvalue weighted by molar-refractivity contribution is -0.384. The van der Waals surface area contributed by atoms with Crippen molar-refractivity contribution in [1.29, 1.82) is 0 Å². The van der Waals surface area contributed by atoms with Gasteiger partial charge in [0.05, 0.1) is 4.92 Å². The number of aryl methyl sites for hydroxylation is 1. The quantitative estimate of drug-likeness (QED) is 0.390. The molecule has 126 valence electrons. The fourth-order valence-corrected chi connectivity index (χ4v) is 2.60. The number of hydrogen-bond donors (Lipinski definition) is 1. The summed E-state index contributed by atoms with van der Waals surface area (Å²) in [7, 11) is 0. The molecule has 0 unspecified atom stereocenters. The predicted molar refractivity (Wildman–Crippen MR) is 96.5 cm³/mol. The first-order valence-electron chi connectivity index (χ1n) is 7.29. The van der Waals surface area contributed by atoms with E-state index in [2.05, 4.69) is 26.2 Å². The number of benzene rings is 2. The van der Waals surface area contributed by atoms with Gasteiger partial charge in [0.2, 0.25) is 0 Å². The average molecular weight is 392 g/mol. The smallest absolute Gasteiger partial charge is 0.296 e. The first-order valence-corrected chi connectivity index (χ1v) is 8.08. The number of phenolic OH excluding ortho intramolecular Hbond substituents is 1. The molecule has 0 atom stereocenters. The summed E-state index contributed by atoms with van der Waals surface area (Å²) in [5, 5.41) is 29.6. The van der Waals surface area contributed by atoms with Gasteiger partial charge >= 0.3 is 0 Å². The molecule has 0 spiro atoms. The minimum Gasteiger partial charge on any atom is -0.505 e. The van der Waals surface area contributed by atoms with E-state index in [4.69, 9.17) is 0 Å².